The molecule has 4 fully saturated rings. The van der Waals surface area contributed by atoms with Crippen molar-refractivity contribution in [1.29, 1.82) is 0 Å². The lowest BCUT2D eigenvalue weighted by atomic mass is 9.33. The molecule has 6 rings (SSSR count). The molecule has 0 spiro atoms. The number of hydrogen-bond donors (Lipinski definition) is 2. The number of fused-ring (bicyclic) bond motifs is 7. The average Bonchev–Trinajstić information content (AvgIpc) is 3.42. The van der Waals surface area contributed by atoms with Gasteiger partial charge in [-0.3, -0.25) is 19.3 Å². The van der Waals surface area contributed by atoms with Gasteiger partial charge in [-0.2, -0.15) is 0 Å². The highest BCUT2D eigenvalue weighted by molar-refractivity contribution is 6.30. The SMILES string of the molecule is CC(C)C1=C2C3CC[C@@H]4C5(C)CC[C@H](OC(=O)CC(C)(C)C(=O)O)C(C)(C)[C@@H]5CC[C@@]4(C)[C@]3(C)CC[C@@]2([C@@H](O)CN(CCN(C)C)Cc2ccc(Cl)cc2)CC1=O. The summed E-state index contributed by atoms with van der Waals surface area (Å²) in [5.41, 5.74) is 1.54. The van der Waals surface area contributed by atoms with Crippen molar-refractivity contribution in [3.63, 3.8) is 0 Å². The molecule has 57 heavy (non-hydrogen) atoms. The number of carbonyl (C=O) groups excluding carboxylic acids is 2. The maximum Gasteiger partial charge on any atom is 0.309 e. The molecule has 8 nitrogen and oxygen atoms in total. The summed E-state index contributed by atoms with van der Waals surface area (Å²) in [6.45, 7) is 22.6. The molecule has 0 aromatic heterocycles. The van der Waals surface area contributed by atoms with E-state index in [1.165, 1.54) is 5.57 Å². The number of carbonyl (C=O) groups is 3. The Labute approximate surface area is 348 Å². The largest absolute Gasteiger partial charge is 0.481 e. The number of Topliss-reactive ketones (excluding diaryl/α,β-unsaturated/α-hetero) is 1. The van der Waals surface area contributed by atoms with Crippen LogP contribution in [0.1, 0.15) is 132 Å². The van der Waals surface area contributed by atoms with Crippen LogP contribution in [0.3, 0.4) is 0 Å². The van der Waals surface area contributed by atoms with Crippen molar-refractivity contribution in [2.45, 2.75) is 145 Å². The Balaban J connectivity index is 1.29. The Bertz CT molecular complexity index is 1740. The number of ketones is 1. The van der Waals surface area contributed by atoms with Gasteiger partial charge in [-0.25, -0.2) is 0 Å². The maximum atomic E-state index is 14.3. The molecule has 0 aliphatic heterocycles. The summed E-state index contributed by atoms with van der Waals surface area (Å²) >= 11 is 6.24. The summed E-state index contributed by atoms with van der Waals surface area (Å²) in [6, 6.07) is 8.00. The molecular weight excluding hydrogens is 736 g/mol. The van der Waals surface area contributed by atoms with Crippen LogP contribution >= 0.6 is 11.6 Å². The second kappa shape index (κ2) is 15.6. The molecule has 0 amide bonds. The Morgan fingerprint density at radius 1 is 0.912 bits per heavy atom. The predicted octanol–water partition coefficient (Wildman–Crippen LogP) is 9.46. The van der Waals surface area contributed by atoms with Gasteiger partial charge in [0.2, 0.25) is 0 Å². The molecule has 2 unspecified atom stereocenters. The Morgan fingerprint density at radius 3 is 2.19 bits per heavy atom. The molecule has 9 heteroatoms. The first kappa shape index (κ1) is 44.3. The van der Waals surface area contributed by atoms with Crippen LogP contribution in [0, 0.1) is 56.2 Å². The fraction of sp³-hybridized carbons (Fsp3) is 0.771. The Morgan fingerprint density at radius 2 is 1.58 bits per heavy atom. The van der Waals surface area contributed by atoms with E-state index in [9.17, 15) is 24.6 Å². The first-order valence-electron chi connectivity index (χ1n) is 21.9. The van der Waals surface area contributed by atoms with E-state index in [1.54, 1.807) is 13.8 Å². The summed E-state index contributed by atoms with van der Waals surface area (Å²) in [5.74, 6) is 0.00261. The minimum Gasteiger partial charge on any atom is -0.481 e. The Kier molecular flexibility index (Phi) is 12.2. The van der Waals surface area contributed by atoms with Gasteiger partial charge in [0.1, 0.15) is 6.10 Å². The third kappa shape index (κ3) is 7.58. The van der Waals surface area contributed by atoms with Gasteiger partial charge in [0.05, 0.1) is 17.9 Å². The first-order valence-corrected chi connectivity index (χ1v) is 22.3. The second-order valence-electron chi connectivity index (χ2n) is 21.7. The lowest BCUT2D eigenvalue weighted by molar-refractivity contribution is -0.235. The molecule has 9 atom stereocenters. The van der Waals surface area contributed by atoms with Crippen LogP contribution in [-0.2, 0) is 25.7 Å². The lowest BCUT2D eigenvalue weighted by Crippen LogP contribution is -2.66. The van der Waals surface area contributed by atoms with E-state index < -0.39 is 28.9 Å². The zero-order valence-corrected chi connectivity index (χ0v) is 37.7. The molecule has 0 radical (unpaired) electrons. The van der Waals surface area contributed by atoms with Gasteiger partial charge >= 0.3 is 11.9 Å². The number of aliphatic carboxylic acids is 1. The number of halogens is 1. The number of carboxylic acid groups (broad SMARTS) is 1. The van der Waals surface area contributed by atoms with Gasteiger partial charge in [-0.1, -0.05) is 77.8 Å². The highest BCUT2D eigenvalue weighted by Crippen LogP contribution is 2.77. The summed E-state index contributed by atoms with van der Waals surface area (Å²) in [4.78, 5) is 43.8. The molecule has 5 aliphatic rings. The van der Waals surface area contributed by atoms with E-state index >= 15 is 0 Å². The van der Waals surface area contributed by atoms with E-state index in [0.717, 1.165) is 75.6 Å². The van der Waals surface area contributed by atoms with Crippen LogP contribution in [0.15, 0.2) is 35.4 Å². The summed E-state index contributed by atoms with van der Waals surface area (Å²) < 4.78 is 6.20. The van der Waals surface area contributed by atoms with E-state index in [2.05, 4.69) is 84.5 Å². The van der Waals surface area contributed by atoms with Crippen LogP contribution < -0.4 is 0 Å². The smallest absolute Gasteiger partial charge is 0.309 e. The molecule has 4 saturated carbocycles. The average molecular weight is 810 g/mol. The summed E-state index contributed by atoms with van der Waals surface area (Å²) in [6.07, 6.45) is 7.13. The van der Waals surface area contributed by atoms with Crippen LogP contribution in [0.5, 0.6) is 0 Å². The number of hydrogen-bond acceptors (Lipinski definition) is 7. The zero-order valence-electron chi connectivity index (χ0n) is 37.0. The highest BCUT2D eigenvalue weighted by Gasteiger charge is 2.71. The molecule has 5 aliphatic carbocycles. The first-order chi connectivity index (χ1) is 26.4. The van der Waals surface area contributed by atoms with E-state index in [4.69, 9.17) is 16.3 Å². The van der Waals surface area contributed by atoms with Gasteiger partial charge in [0.15, 0.2) is 5.78 Å². The number of esters is 1. The number of allylic oxidation sites excluding steroid dienone is 1. The van der Waals surface area contributed by atoms with Gasteiger partial charge in [0.25, 0.3) is 0 Å². The van der Waals surface area contributed by atoms with Crippen LogP contribution in [0.2, 0.25) is 5.02 Å². The molecule has 0 bridgehead atoms. The van der Waals surface area contributed by atoms with Crippen molar-refractivity contribution >= 4 is 29.3 Å². The van der Waals surface area contributed by atoms with E-state index in [-0.39, 0.29) is 51.8 Å². The highest BCUT2D eigenvalue weighted by atomic mass is 35.5. The van der Waals surface area contributed by atoms with Crippen molar-refractivity contribution in [3.8, 4) is 0 Å². The summed E-state index contributed by atoms with van der Waals surface area (Å²) in [7, 11) is 4.17. The van der Waals surface area contributed by atoms with Crippen molar-refractivity contribution in [3.05, 3.63) is 46.0 Å². The molecule has 318 valence electrons. The van der Waals surface area contributed by atoms with Crippen molar-refractivity contribution < 1.29 is 29.3 Å². The normalized spacial score (nSPS) is 35.5. The minimum absolute atomic E-state index is 0.0308. The number of carboxylic acids is 1. The van der Waals surface area contributed by atoms with E-state index in [1.807, 2.05) is 12.1 Å². The Hall–Kier alpha value is -2.26. The molecule has 2 N–H and O–H groups in total. The quantitative estimate of drug-likeness (QED) is 0.190. The fourth-order valence-electron chi connectivity index (χ4n) is 13.8. The number of benzene rings is 1. The maximum absolute atomic E-state index is 14.3. The molecule has 1 aromatic rings. The van der Waals surface area contributed by atoms with Crippen molar-refractivity contribution in [1.82, 2.24) is 9.80 Å². The van der Waals surface area contributed by atoms with Gasteiger partial charge < -0.3 is 19.8 Å². The van der Waals surface area contributed by atoms with Crippen LogP contribution in [0.4, 0.5) is 0 Å². The molecule has 1 aromatic carbocycles. The van der Waals surface area contributed by atoms with Crippen molar-refractivity contribution in [2.75, 3.05) is 33.7 Å². The number of aliphatic hydroxyl groups is 1. The predicted molar refractivity (Wildman–Crippen MR) is 227 cm³/mol. The number of likely N-dealkylation sites (N-methyl/N-ethyl adjacent to an activating group) is 1. The number of nitrogens with zero attached hydrogens (tertiary/aromatic N) is 2. The number of ether oxygens (including phenoxy) is 1. The van der Waals surface area contributed by atoms with Crippen molar-refractivity contribution in [2.24, 2.45) is 56.2 Å². The monoisotopic (exact) mass is 809 g/mol. The third-order valence-corrected chi connectivity index (χ3v) is 17.4. The van der Waals surface area contributed by atoms with Crippen LogP contribution in [0.25, 0.3) is 0 Å². The molecule has 0 heterocycles. The minimum atomic E-state index is -1.17. The third-order valence-electron chi connectivity index (χ3n) is 17.1. The number of rotatable bonds is 13. The fourth-order valence-corrected chi connectivity index (χ4v) is 13.9. The van der Waals surface area contributed by atoms with E-state index in [0.29, 0.717) is 36.4 Å². The lowest BCUT2D eigenvalue weighted by Gasteiger charge is -2.72. The number of aliphatic hydroxyl groups excluding tert-OH is 1. The molecule has 0 saturated heterocycles. The van der Waals surface area contributed by atoms with Gasteiger partial charge in [0, 0.05) is 48.5 Å². The summed E-state index contributed by atoms with van der Waals surface area (Å²) in [5, 5.41) is 23.0. The molecular formula is C48H73ClN2O6. The zero-order chi connectivity index (χ0) is 42.1. The second-order valence-corrected chi connectivity index (χ2v) is 22.2. The van der Waals surface area contributed by atoms with Crippen LogP contribution in [-0.4, -0.2) is 83.7 Å². The van der Waals surface area contributed by atoms with Gasteiger partial charge in [-0.15, -0.1) is 0 Å². The topological polar surface area (TPSA) is 107 Å². The van der Waals surface area contributed by atoms with Gasteiger partial charge in [-0.05, 0) is 142 Å². The standard InChI is InChI=1S/C48H73ClN2O6/c1-30(2)40-34(52)26-48(37(53)29-51(25-24-50(10)11)28-31-12-14-32(49)15-13-31)23-22-46(8)33(41(40)48)16-17-36-45(7)20-19-38(57-39(54)27-43(3,4)42(55)56)44(5,6)35(45)18-21-47(36,46)9/h12-15,30,33,35-38,53H,16-29H2,1-11H3,(H,55,56)/t33?,35-,36+,37-,38-,45?,46+,47+,48-/m0/s1.